The fourth-order valence-corrected chi connectivity index (χ4v) is 4.48. The van der Waals surface area contributed by atoms with Gasteiger partial charge in [0.2, 0.25) is 0 Å². The van der Waals surface area contributed by atoms with Gasteiger partial charge in [-0.1, -0.05) is 6.92 Å². The van der Waals surface area contributed by atoms with Gasteiger partial charge in [0.15, 0.2) is 11.3 Å². The molecule has 2 aliphatic heterocycles. The maximum atomic E-state index is 13.2. The minimum absolute atomic E-state index is 0.0459. The third-order valence-corrected chi connectivity index (χ3v) is 6.05. The van der Waals surface area contributed by atoms with Crippen LogP contribution in [0, 0.1) is 17.8 Å². The Kier molecular flexibility index (Phi) is 5.81. The van der Waals surface area contributed by atoms with Crippen molar-refractivity contribution in [1.82, 2.24) is 24.7 Å². The maximum absolute atomic E-state index is 13.2. The van der Waals surface area contributed by atoms with Gasteiger partial charge in [0.05, 0.1) is 38.8 Å². The highest BCUT2D eigenvalue weighted by Gasteiger charge is 2.36. The van der Waals surface area contributed by atoms with Crippen molar-refractivity contribution in [3.63, 3.8) is 0 Å². The molecule has 0 unspecified atom stereocenters. The molecule has 176 valence electrons. The van der Waals surface area contributed by atoms with Gasteiger partial charge < -0.3 is 14.4 Å². The first-order valence-corrected chi connectivity index (χ1v) is 11.0. The zero-order chi connectivity index (χ0) is 23.0. The number of piperidine rings is 1. The Hall–Kier alpha value is -2.95. The summed E-state index contributed by atoms with van der Waals surface area (Å²) in [7, 11) is 0. The van der Waals surface area contributed by atoms with Crippen LogP contribution in [0.25, 0.3) is 11.2 Å². The van der Waals surface area contributed by atoms with Crippen molar-refractivity contribution < 1.29 is 22.6 Å². The van der Waals surface area contributed by atoms with Crippen molar-refractivity contribution >= 4 is 17.0 Å². The summed E-state index contributed by atoms with van der Waals surface area (Å²) in [6, 6.07) is 2.76. The lowest BCUT2D eigenvalue weighted by atomic mass is 9.91. The van der Waals surface area contributed by atoms with Gasteiger partial charge in [-0.15, -0.1) is 0 Å². The summed E-state index contributed by atoms with van der Waals surface area (Å²) in [5.41, 5.74) is 0.475. The Morgan fingerprint density at radius 2 is 2.00 bits per heavy atom. The zero-order valence-corrected chi connectivity index (χ0v) is 18.2. The maximum Gasteiger partial charge on any atom is 0.437 e. The number of pyridine rings is 1. The van der Waals surface area contributed by atoms with E-state index in [2.05, 4.69) is 26.9 Å². The van der Waals surface area contributed by atoms with E-state index in [-0.39, 0.29) is 18.3 Å². The van der Waals surface area contributed by atoms with Crippen molar-refractivity contribution in [2.75, 3.05) is 37.8 Å². The second-order valence-electron chi connectivity index (χ2n) is 8.94. The summed E-state index contributed by atoms with van der Waals surface area (Å²) >= 11 is 0. The van der Waals surface area contributed by atoms with Gasteiger partial charge in [-0.3, -0.25) is 0 Å². The average molecular weight is 462 g/mol. The van der Waals surface area contributed by atoms with Crippen LogP contribution in [0.2, 0.25) is 0 Å². The van der Waals surface area contributed by atoms with Crippen LogP contribution in [0.3, 0.4) is 0 Å². The molecule has 8 nitrogen and oxygen atoms in total. The molecule has 0 aromatic carbocycles. The van der Waals surface area contributed by atoms with Gasteiger partial charge in [0, 0.05) is 31.1 Å². The molecule has 0 bridgehead atoms. The molecule has 2 aliphatic rings. The topological polar surface area (TPSA) is 78.2 Å². The van der Waals surface area contributed by atoms with E-state index in [1.807, 2.05) is 4.68 Å². The predicted molar refractivity (Wildman–Crippen MR) is 114 cm³/mol. The molecule has 5 rings (SSSR count). The summed E-state index contributed by atoms with van der Waals surface area (Å²) in [6.45, 7) is 5.90. The second-order valence-corrected chi connectivity index (χ2v) is 8.94. The van der Waals surface area contributed by atoms with Gasteiger partial charge in [-0.2, -0.15) is 18.3 Å². The van der Waals surface area contributed by atoms with Gasteiger partial charge in [-0.25, -0.2) is 19.6 Å². The molecule has 0 radical (unpaired) electrons. The first kappa shape index (κ1) is 21.9. The van der Waals surface area contributed by atoms with E-state index in [0.717, 1.165) is 55.9 Å². The van der Waals surface area contributed by atoms with Crippen molar-refractivity contribution in [3.05, 3.63) is 36.4 Å². The molecule has 3 aromatic rings. The number of fused-ring (bicyclic) bond motifs is 1. The van der Waals surface area contributed by atoms with Crippen LogP contribution in [0.5, 0.6) is 5.75 Å². The van der Waals surface area contributed by atoms with E-state index in [1.54, 1.807) is 12.4 Å². The average Bonchev–Trinajstić information content (AvgIpc) is 3.16. The highest BCUT2D eigenvalue weighted by Crippen LogP contribution is 2.35. The highest BCUT2D eigenvalue weighted by atomic mass is 19.4. The Morgan fingerprint density at radius 3 is 2.76 bits per heavy atom. The largest absolute Gasteiger partial charge is 0.491 e. The molecule has 0 saturated carbocycles. The molecule has 5 heterocycles. The van der Waals surface area contributed by atoms with Crippen LogP contribution in [0.1, 0.15) is 19.0 Å². The zero-order valence-electron chi connectivity index (χ0n) is 18.2. The molecule has 0 aliphatic carbocycles. The lowest BCUT2D eigenvalue weighted by Gasteiger charge is -2.37. The third-order valence-electron chi connectivity index (χ3n) is 6.05. The van der Waals surface area contributed by atoms with Gasteiger partial charge in [0.25, 0.3) is 0 Å². The van der Waals surface area contributed by atoms with E-state index in [1.165, 1.54) is 12.1 Å². The monoisotopic (exact) mass is 462 g/mol. The Labute approximate surface area is 188 Å². The Balaban J connectivity index is 1.30. The van der Waals surface area contributed by atoms with Gasteiger partial charge in [-0.05, 0) is 24.5 Å². The molecule has 2 atom stereocenters. The fraction of sp³-hybridized carbons (Fsp3) is 0.545. The molecular weight excluding hydrogens is 437 g/mol. The fourth-order valence-electron chi connectivity index (χ4n) is 4.48. The summed E-state index contributed by atoms with van der Waals surface area (Å²) in [4.78, 5) is 14.9. The third kappa shape index (κ3) is 4.73. The number of halogens is 3. The quantitative estimate of drug-likeness (QED) is 0.555. The molecule has 11 heteroatoms. The minimum Gasteiger partial charge on any atom is -0.491 e. The van der Waals surface area contributed by atoms with Crippen LogP contribution in [-0.4, -0.2) is 57.6 Å². The number of ether oxygens (including phenoxy) is 2. The second kappa shape index (κ2) is 8.77. The van der Waals surface area contributed by atoms with Crippen molar-refractivity contribution in [1.29, 1.82) is 0 Å². The summed E-state index contributed by atoms with van der Waals surface area (Å²) < 4.78 is 52.4. The van der Waals surface area contributed by atoms with Crippen LogP contribution in [0.4, 0.5) is 19.0 Å². The van der Waals surface area contributed by atoms with E-state index in [9.17, 15) is 13.2 Å². The number of anilines is 1. The molecule has 33 heavy (non-hydrogen) atoms. The summed E-state index contributed by atoms with van der Waals surface area (Å²) in [6.07, 6.45) is 0.875. The van der Waals surface area contributed by atoms with E-state index >= 15 is 0 Å². The van der Waals surface area contributed by atoms with Crippen molar-refractivity contribution in [2.45, 2.75) is 26.1 Å². The number of hydrogen-bond acceptors (Lipinski definition) is 7. The standard InChI is InChI=1S/C22H25F3N6O2/c1-14-5-15(13-33-18-3-2-4-26-20(18)22(23,24)25)9-30(8-14)19-7-27-17-6-28-31(21(17)29-19)10-16-11-32-12-16/h2-4,6-7,14-16H,5,8-13H2,1H3/t14-,15-/m1/s1. The molecule has 2 fully saturated rings. The normalized spacial score (nSPS) is 21.9. The molecule has 3 aromatic heterocycles. The number of hydrogen-bond donors (Lipinski definition) is 0. The first-order chi connectivity index (χ1) is 15.9. The number of alkyl halides is 3. The minimum atomic E-state index is -4.55. The molecule has 0 N–H and O–H groups in total. The van der Waals surface area contributed by atoms with E-state index in [0.29, 0.717) is 18.4 Å². The number of aromatic nitrogens is 5. The number of nitrogens with zero attached hydrogens (tertiary/aromatic N) is 6. The van der Waals surface area contributed by atoms with Crippen LogP contribution < -0.4 is 9.64 Å². The Bertz CT molecular complexity index is 1120. The Morgan fingerprint density at radius 1 is 1.15 bits per heavy atom. The SMILES string of the molecule is C[C@@H]1C[C@@H](COc2cccnc2C(F)(F)F)CN(c2cnc3cnn(CC4COC4)c3n2)C1. The van der Waals surface area contributed by atoms with Crippen LogP contribution >= 0.6 is 0 Å². The van der Waals surface area contributed by atoms with Crippen molar-refractivity contribution in [3.8, 4) is 5.75 Å². The first-order valence-electron chi connectivity index (χ1n) is 11.0. The predicted octanol–water partition coefficient (Wildman–Crippen LogP) is 3.43. The van der Waals surface area contributed by atoms with E-state index < -0.39 is 11.9 Å². The van der Waals surface area contributed by atoms with Crippen molar-refractivity contribution in [2.24, 2.45) is 17.8 Å². The summed E-state index contributed by atoms with van der Waals surface area (Å²) in [5.74, 6) is 1.31. The van der Waals surface area contributed by atoms with Gasteiger partial charge >= 0.3 is 6.18 Å². The lowest BCUT2D eigenvalue weighted by Crippen LogP contribution is -2.42. The van der Waals surface area contributed by atoms with Gasteiger partial charge in [0.1, 0.15) is 17.1 Å². The smallest absolute Gasteiger partial charge is 0.437 e. The number of rotatable bonds is 6. The highest BCUT2D eigenvalue weighted by molar-refractivity contribution is 5.71. The van der Waals surface area contributed by atoms with E-state index in [4.69, 9.17) is 14.5 Å². The molecule has 2 saturated heterocycles. The lowest BCUT2D eigenvalue weighted by molar-refractivity contribution is -0.142. The van der Waals surface area contributed by atoms with Crippen LogP contribution in [-0.2, 0) is 17.5 Å². The summed E-state index contributed by atoms with van der Waals surface area (Å²) in [5, 5.41) is 4.42. The molecule has 0 amide bonds. The van der Waals surface area contributed by atoms with Crippen LogP contribution in [0.15, 0.2) is 30.7 Å². The molecular formula is C22H25F3N6O2. The molecule has 0 spiro atoms.